The van der Waals surface area contributed by atoms with Crippen LogP contribution in [0.2, 0.25) is 0 Å². The van der Waals surface area contributed by atoms with Crippen molar-refractivity contribution in [1.29, 1.82) is 0 Å². The number of fused-ring (bicyclic) bond motifs is 3. The minimum absolute atomic E-state index is 0.0950. The van der Waals surface area contributed by atoms with Gasteiger partial charge in [0.05, 0.1) is 14.2 Å². The first-order valence-corrected chi connectivity index (χ1v) is 11.8. The minimum atomic E-state index is -1.71. The van der Waals surface area contributed by atoms with Crippen LogP contribution < -0.4 is 9.47 Å². The van der Waals surface area contributed by atoms with E-state index in [9.17, 15) is 14.7 Å². The summed E-state index contributed by atoms with van der Waals surface area (Å²) in [6.07, 6.45) is -0.702. The molecule has 0 fully saturated rings. The van der Waals surface area contributed by atoms with Crippen LogP contribution in [0, 0.1) is 0 Å². The number of carbonyl (C=O) groups excluding carboxylic acids is 1. The number of methoxy groups -OCH3 is 2. The van der Waals surface area contributed by atoms with Gasteiger partial charge in [0, 0.05) is 12.0 Å². The van der Waals surface area contributed by atoms with E-state index in [2.05, 4.69) is 12.1 Å². The van der Waals surface area contributed by atoms with Crippen molar-refractivity contribution >= 4 is 12.1 Å². The molecule has 0 bridgehead atoms. The number of carboxylic acids is 1. The quantitative estimate of drug-likeness (QED) is 0.439. The molecule has 3 aromatic carbocycles. The van der Waals surface area contributed by atoms with Crippen LogP contribution in [0.3, 0.4) is 0 Å². The fourth-order valence-corrected chi connectivity index (χ4v) is 5.08. The Morgan fingerprint density at radius 1 is 0.917 bits per heavy atom. The Morgan fingerprint density at radius 3 is 1.97 bits per heavy atom. The van der Waals surface area contributed by atoms with Crippen LogP contribution in [-0.2, 0) is 15.1 Å². The molecule has 1 atom stereocenters. The molecule has 1 aliphatic carbocycles. The molecule has 0 radical (unpaired) electrons. The van der Waals surface area contributed by atoms with Crippen molar-refractivity contribution in [3.63, 3.8) is 0 Å². The lowest BCUT2D eigenvalue weighted by Crippen LogP contribution is -2.56. The second-order valence-electron chi connectivity index (χ2n) is 9.21. The third kappa shape index (κ3) is 4.15. The van der Waals surface area contributed by atoms with E-state index in [4.69, 9.17) is 14.2 Å². The largest absolute Gasteiger partial charge is 0.493 e. The summed E-state index contributed by atoms with van der Waals surface area (Å²) in [6, 6.07) is 20.5. The highest BCUT2D eigenvalue weighted by Gasteiger charge is 2.47. The van der Waals surface area contributed by atoms with Gasteiger partial charge in [0.1, 0.15) is 6.61 Å². The van der Waals surface area contributed by atoms with Crippen LogP contribution in [0.5, 0.6) is 11.5 Å². The molecule has 7 heteroatoms. The summed E-state index contributed by atoms with van der Waals surface area (Å²) in [5.41, 5.74) is 3.07. The van der Waals surface area contributed by atoms with Gasteiger partial charge in [-0.05, 0) is 60.7 Å². The molecule has 0 heterocycles. The zero-order chi connectivity index (χ0) is 26.0. The molecule has 0 spiro atoms. The van der Waals surface area contributed by atoms with Crippen molar-refractivity contribution in [2.75, 3.05) is 20.8 Å². The number of hydrogen-bond acceptors (Lipinski definition) is 5. The molecule has 1 amide bonds. The predicted molar refractivity (Wildman–Crippen MR) is 137 cm³/mol. The number of carbonyl (C=O) groups is 2. The Kier molecular flexibility index (Phi) is 6.93. The van der Waals surface area contributed by atoms with Crippen molar-refractivity contribution in [3.05, 3.63) is 83.4 Å². The molecule has 1 N–H and O–H groups in total. The van der Waals surface area contributed by atoms with E-state index in [0.717, 1.165) is 22.3 Å². The second-order valence-corrected chi connectivity index (χ2v) is 9.21. The van der Waals surface area contributed by atoms with E-state index in [1.807, 2.05) is 36.4 Å². The third-order valence-electron chi connectivity index (χ3n) is 6.89. The van der Waals surface area contributed by atoms with E-state index in [-0.39, 0.29) is 12.5 Å². The van der Waals surface area contributed by atoms with Crippen LogP contribution in [0.25, 0.3) is 11.1 Å². The first-order chi connectivity index (χ1) is 17.2. The number of amides is 1. The lowest BCUT2D eigenvalue weighted by atomic mass is 9.88. The van der Waals surface area contributed by atoms with Gasteiger partial charge in [-0.15, -0.1) is 0 Å². The number of hydrogen-bond donors (Lipinski definition) is 1. The standard InChI is InChI=1S/C29H31NO6/c1-18(2)30(29(3,27(31)32)19-14-15-25(34-4)26(16-19)35-5)28(33)36-17-24-22-12-8-6-10-20(22)21-11-7-9-13-23(21)24/h6-16,18,24H,17H2,1-5H3,(H,31,32). The molecule has 0 aliphatic heterocycles. The molecule has 188 valence electrons. The van der Waals surface area contributed by atoms with Gasteiger partial charge < -0.3 is 19.3 Å². The molecule has 0 saturated heterocycles. The van der Waals surface area contributed by atoms with Gasteiger partial charge in [0.15, 0.2) is 17.0 Å². The molecule has 36 heavy (non-hydrogen) atoms. The number of aliphatic carboxylic acids is 1. The molecule has 1 aliphatic rings. The molecule has 7 nitrogen and oxygen atoms in total. The Hall–Kier alpha value is -4.00. The lowest BCUT2D eigenvalue weighted by Gasteiger charge is -2.40. The summed E-state index contributed by atoms with van der Waals surface area (Å²) in [6.45, 7) is 5.13. The Balaban J connectivity index is 1.66. The Bertz CT molecular complexity index is 1240. The summed E-state index contributed by atoms with van der Waals surface area (Å²) in [5.74, 6) is -0.477. The number of nitrogens with zero attached hydrogens (tertiary/aromatic N) is 1. The smallest absolute Gasteiger partial charge is 0.411 e. The summed E-state index contributed by atoms with van der Waals surface area (Å²) in [4.78, 5) is 27.5. The van der Waals surface area contributed by atoms with Gasteiger partial charge in [-0.2, -0.15) is 0 Å². The predicted octanol–water partition coefficient (Wildman–Crippen LogP) is 5.66. The lowest BCUT2D eigenvalue weighted by molar-refractivity contribution is -0.151. The Morgan fingerprint density at radius 2 is 1.47 bits per heavy atom. The molecule has 0 saturated carbocycles. The number of carboxylic acid groups (broad SMARTS) is 1. The number of ether oxygens (including phenoxy) is 3. The maximum atomic E-state index is 13.6. The molecule has 1 unspecified atom stereocenters. The average Bonchev–Trinajstić information content (AvgIpc) is 3.20. The second kappa shape index (κ2) is 9.93. The summed E-state index contributed by atoms with van der Waals surface area (Å²) < 4.78 is 16.5. The van der Waals surface area contributed by atoms with Crippen LogP contribution >= 0.6 is 0 Å². The van der Waals surface area contributed by atoms with Crippen LogP contribution in [0.4, 0.5) is 4.79 Å². The fourth-order valence-electron chi connectivity index (χ4n) is 5.08. The maximum Gasteiger partial charge on any atom is 0.411 e. The van der Waals surface area contributed by atoms with Crippen LogP contribution in [0.1, 0.15) is 43.4 Å². The third-order valence-corrected chi connectivity index (χ3v) is 6.89. The van der Waals surface area contributed by atoms with E-state index >= 15 is 0 Å². The normalized spacial score (nSPS) is 13.9. The van der Waals surface area contributed by atoms with Crippen molar-refractivity contribution in [1.82, 2.24) is 4.90 Å². The van der Waals surface area contributed by atoms with Crippen LogP contribution in [0.15, 0.2) is 66.7 Å². The monoisotopic (exact) mass is 489 g/mol. The van der Waals surface area contributed by atoms with Gasteiger partial charge >= 0.3 is 12.1 Å². The van der Waals surface area contributed by atoms with Crippen molar-refractivity contribution in [2.45, 2.75) is 38.3 Å². The summed E-state index contributed by atoms with van der Waals surface area (Å²) >= 11 is 0. The van der Waals surface area contributed by atoms with Crippen molar-refractivity contribution in [3.8, 4) is 22.6 Å². The summed E-state index contributed by atoms with van der Waals surface area (Å²) in [5, 5.41) is 10.4. The maximum absolute atomic E-state index is 13.6. The Labute approximate surface area is 211 Å². The minimum Gasteiger partial charge on any atom is -0.493 e. The van der Waals surface area contributed by atoms with E-state index in [0.29, 0.717) is 17.1 Å². The van der Waals surface area contributed by atoms with Gasteiger partial charge in [0.2, 0.25) is 0 Å². The first kappa shape index (κ1) is 25.1. The molecule has 3 aromatic rings. The SMILES string of the molecule is COc1ccc(C(C)(C(=O)O)N(C(=O)OCC2c3ccccc3-c3ccccc32)C(C)C)cc1OC. The number of benzene rings is 3. The van der Waals surface area contributed by atoms with Gasteiger partial charge in [-0.25, -0.2) is 9.59 Å². The number of rotatable bonds is 8. The summed E-state index contributed by atoms with van der Waals surface area (Å²) in [7, 11) is 2.98. The fraction of sp³-hybridized carbons (Fsp3) is 0.310. The highest BCUT2D eigenvalue weighted by atomic mass is 16.6. The van der Waals surface area contributed by atoms with E-state index in [1.54, 1.807) is 32.0 Å². The first-order valence-electron chi connectivity index (χ1n) is 11.8. The topological polar surface area (TPSA) is 85.3 Å². The highest BCUT2D eigenvalue weighted by molar-refractivity contribution is 5.86. The van der Waals surface area contributed by atoms with Gasteiger partial charge in [0.25, 0.3) is 0 Å². The average molecular weight is 490 g/mol. The van der Waals surface area contributed by atoms with Crippen molar-refractivity contribution in [2.24, 2.45) is 0 Å². The van der Waals surface area contributed by atoms with Gasteiger partial charge in [-0.3, -0.25) is 4.90 Å². The van der Waals surface area contributed by atoms with E-state index < -0.39 is 23.6 Å². The molecule has 4 rings (SSSR count). The van der Waals surface area contributed by atoms with Crippen molar-refractivity contribution < 1.29 is 28.9 Å². The van der Waals surface area contributed by atoms with Gasteiger partial charge in [-0.1, -0.05) is 54.6 Å². The van der Waals surface area contributed by atoms with Crippen LogP contribution in [-0.4, -0.2) is 48.9 Å². The zero-order valence-electron chi connectivity index (χ0n) is 21.1. The van der Waals surface area contributed by atoms with E-state index in [1.165, 1.54) is 26.0 Å². The molecular weight excluding hydrogens is 458 g/mol. The molecular formula is C29H31NO6. The zero-order valence-corrected chi connectivity index (χ0v) is 21.1. The highest BCUT2D eigenvalue weighted by Crippen LogP contribution is 2.45. The molecule has 0 aromatic heterocycles.